The Kier molecular flexibility index (Phi) is 5.09. The first-order valence-electron chi connectivity index (χ1n) is 7.08. The summed E-state index contributed by atoms with van der Waals surface area (Å²) in [5, 5.41) is 6.69. The van der Waals surface area contributed by atoms with Crippen molar-refractivity contribution in [1.29, 1.82) is 0 Å². The van der Waals surface area contributed by atoms with Crippen molar-refractivity contribution in [3.8, 4) is 0 Å². The molecule has 5 nitrogen and oxygen atoms in total. The lowest BCUT2D eigenvalue weighted by Gasteiger charge is -2.17. The molecule has 1 amide bonds. The van der Waals surface area contributed by atoms with Crippen molar-refractivity contribution in [2.75, 3.05) is 5.75 Å². The summed E-state index contributed by atoms with van der Waals surface area (Å²) in [4.78, 5) is 20.9. The van der Waals surface area contributed by atoms with Gasteiger partial charge in [-0.05, 0) is 5.56 Å². The summed E-state index contributed by atoms with van der Waals surface area (Å²) in [7, 11) is 1.91. The van der Waals surface area contributed by atoms with Gasteiger partial charge in [-0.1, -0.05) is 42.1 Å². The van der Waals surface area contributed by atoms with Crippen molar-refractivity contribution in [2.45, 2.75) is 11.2 Å². The highest BCUT2D eigenvalue weighted by Crippen LogP contribution is 2.24. The van der Waals surface area contributed by atoms with Gasteiger partial charge in [0.15, 0.2) is 5.16 Å². The second-order valence-corrected chi connectivity index (χ2v) is 6.76. The van der Waals surface area contributed by atoms with Gasteiger partial charge in [-0.15, -0.1) is 11.3 Å². The van der Waals surface area contributed by atoms with Gasteiger partial charge < -0.3 is 9.88 Å². The smallest absolute Gasteiger partial charge is 0.231 e. The number of thioether (sulfide) groups is 1. The standard InChI is InChI=1S/C16H16N4OS2/c1-20-9-7-18-16(20)23-11-13(21)19-14(15-17-8-10-22-15)12-5-3-2-4-6-12/h2-10,14H,11H2,1H3,(H,19,21)/t14-/m1/s1. The Hall–Kier alpha value is -2.12. The molecule has 1 atom stereocenters. The van der Waals surface area contributed by atoms with Crippen LogP contribution in [0, 0.1) is 0 Å². The molecule has 23 heavy (non-hydrogen) atoms. The summed E-state index contributed by atoms with van der Waals surface area (Å²) in [6.07, 6.45) is 5.34. The van der Waals surface area contributed by atoms with E-state index in [2.05, 4.69) is 15.3 Å². The summed E-state index contributed by atoms with van der Waals surface area (Å²) >= 11 is 2.96. The molecule has 0 aliphatic heterocycles. The number of aryl methyl sites for hydroxylation is 1. The second-order valence-electron chi connectivity index (χ2n) is 4.89. The van der Waals surface area contributed by atoms with Crippen molar-refractivity contribution >= 4 is 29.0 Å². The number of nitrogens with one attached hydrogen (secondary N) is 1. The molecular weight excluding hydrogens is 328 g/mol. The van der Waals surface area contributed by atoms with Crippen LogP contribution in [0.2, 0.25) is 0 Å². The maximum Gasteiger partial charge on any atom is 0.231 e. The predicted molar refractivity (Wildman–Crippen MR) is 92.5 cm³/mol. The molecule has 0 aliphatic rings. The van der Waals surface area contributed by atoms with Crippen LogP contribution < -0.4 is 5.32 Å². The Balaban J connectivity index is 1.69. The summed E-state index contributed by atoms with van der Waals surface area (Å²) in [5.74, 6) is 0.279. The first-order valence-corrected chi connectivity index (χ1v) is 8.94. The number of carbonyl (C=O) groups is 1. The van der Waals surface area contributed by atoms with E-state index in [0.29, 0.717) is 5.75 Å². The Labute approximate surface area is 142 Å². The first-order chi connectivity index (χ1) is 11.2. The highest BCUT2D eigenvalue weighted by molar-refractivity contribution is 7.99. The van der Waals surface area contributed by atoms with Gasteiger partial charge >= 0.3 is 0 Å². The maximum atomic E-state index is 12.3. The minimum absolute atomic E-state index is 0.0398. The summed E-state index contributed by atoms with van der Waals surface area (Å²) in [6.45, 7) is 0. The van der Waals surface area contributed by atoms with Crippen LogP contribution in [0.15, 0.2) is 59.5 Å². The summed E-state index contributed by atoms with van der Waals surface area (Å²) in [6, 6.07) is 9.67. The molecule has 1 N–H and O–H groups in total. The minimum Gasteiger partial charge on any atom is -0.342 e. The van der Waals surface area contributed by atoms with Crippen LogP contribution in [0.3, 0.4) is 0 Å². The molecule has 7 heteroatoms. The second kappa shape index (κ2) is 7.43. The fraction of sp³-hybridized carbons (Fsp3) is 0.188. The van der Waals surface area contributed by atoms with E-state index < -0.39 is 0 Å². The minimum atomic E-state index is -0.217. The number of benzene rings is 1. The average molecular weight is 344 g/mol. The van der Waals surface area contributed by atoms with E-state index in [4.69, 9.17) is 0 Å². The molecule has 2 aromatic heterocycles. The quantitative estimate of drug-likeness (QED) is 0.699. The van der Waals surface area contributed by atoms with Crippen LogP contribution >= 0.6 is 23.1 Å². The third-order valence-corrected chi connectivity index (χ3v) is 5.14. The summed E-state index contributed by atoms with van der Waals surface area (Å²) in [5.41, 5.74) is 1.03. The number of hydrogen-bond donors (Lipinski definition) is 1. The maximum absolute atomic E-state index is 12.3. The van der Waals surface area contributed by atoms with Gasteiger partial charge in [0.2, 0.25) is 5.91 Å². The average Bonchev–Trinajstić information content (AvgIpc) is 3.23. The molecule has 0 radical (unpaired) electrons. The normalized spacial score (nSPS) is 12.0. The van der Waals surface area contributed by atoms with Gasteiger partial charge in [0.05, 0.1) is 5.75 Å². The topological polar surface area (TPSA) is 59.8 Å². The van der Waals surface area contributed by atoms with E-state index in [9.17, 15) is 4.79 Å². The molecule has 0 saturated carbocycles. The molecule has 3 rings (SSSR count). The van der Waals surface area contributed by atoms with Crippen molar-refractivity contribution in [2.24, 2.45) is 7.05 Å². The number of imidazole rings is 1. The van der Waals surface area contributed by atoms with Crippen molar-refractivity contribution in [1.82, 2.24) is 19.9 Å². The van der Waals surface area contributed by atoms with Crippen molar-refractivity contribution in [3.05, 3.63) is 64.9 Å². The molecule has 118 valence electrons. The van der Waals surface area contributed by atoms with Gasteiger partial charge in [-0.25, -0.2) is 9.97 Å². The SMILES string of the molecule is Cn1ccnc1SCC(=O)N[C@H](c1ccccc1)c1nccs1. The van der Waals surface area contributed by atoms with Crippen LogP contribution in [0.25, 0.3) is 0 Å². The fourth-order valence-electron chi connectivity index (χ4n) is 2.13. The fourth-order valence-corrected chi connectivity index (χ4v) is 3.59. The highest BCUT2D eigenvalue weighted by atomic mass is 32.2. The predicted octanol–water partition coefficient (Wildman–Crippen LogP) is 2.87. The lowest BCUT2D eigenvalue weighted by Crippen LogP contribution is -2.30. The zero-order valence-electron chi connectivity index (χ0n) is 12.5. The van der Waals surface area contributed by atoms with E-state index in [1.165, 1.54) is 23.1 Å². The van der Waals surface area contributed by atoms with Crippen molar-refractivity contribution < 1.29 is 4.79 Å². The highest BCUT2D eigenvalue weighted by Gasteiger charge is 2.19. The molecule has 0 spiro atoms. The van der Waals surface area contributed by atoms with Crippen LogP contribution in [0.4, 0.5) is 0 Å². The Morgan fingerprint density at radius 3 is 2.78 bits per heavy atom. The first kappa shape index (κ1) is 15.8. The largest absolute Gasteiger partial charge is 0.342 e. The van der Waals surface area contributed by atoms with Gasteiger partial charge in [0.1, 0.15) is 11.0 Å². The number of rotatable bonds is 6. The number of amides is 1. The molecule has 0 fully saturated rings. The van der Waals surface area contributed by atoms with E-state index in [1.807, 2.05) is 53.5 Å². The van der Waals surface area contributed by atoms with Gasteiger partial charge in [0, 0.05) is 31.0 Å². The van der Waals surface area contributed by atoms with Crippen LogP contribution in [0.1, 0.15) is 16.6 Å². The molecule has 3 aromatic rings. The zero-order valence-corrected chi connectivity index (χ0v) is 14.2. The van der Waals surface area contributed by atoms with Crippen molar-refractivity contribution in [3.63, 3.8) is 0 Å². The van der Waals surface area contributed by atoms with E-state index >= 15 is 0 Å². The van der Waals surface area contributed by atoms with E-state index in [0.717, 1.165) is 15.7 Å². The number of thiazole rings is 1. The number of aromatic nitrogens is 3. The van der Waals surface area contributed by atoms with Gasteiger partial charge in [-0.3, -0.25) is 4.79 Å². The molecule has 0 bridgehead atoms. The molecule has 1 aromatic carbocycles. The molecule has 2 heterocycles. The Morgan fingerprint density at radius 2 is 2.13 bits per heavy atom. The number of nitrogens with zero attached hydrogens (tertiary/aromatic N) is 3. The molecule has 0 unspecified atom stereocenters. The van der Waals surface area contributed by atoms with Crippen LogP contribution in [-0.4, -0.2) is 26.2 Å². The zero-order chi connectivity index (χ0) is 16.1. The van der Waals surface area contributed by atoms with E-state index in [-0.39, 0.29) is 11.9 Å². The lowest BCUT2D eigenvalue weighted by atomic mass is 10.1. The third kappa shape index (κ3) is 4.00. The third-order valence-electron chi connectivity index (χ3n) is 3.25. The molecule has 0 aliphatic carbocycles. The molecule has 0 saturated heterocycles. The lowest BCUT2D eigenvalue weighted by molar-refractivity contribution is -0.119. The van der Waals surface area contributed by atoms with Gasteiger partial charge in [0.25, 0.3) is 0 Å². The monoisotopic (exact) mass is 344 g/mol. The Bertz CT molecular complexity index is 756. The number of carbonyl (C=O) groups excluding carboxylic acids is 1. The van der Waals surface area contributed by atoms with Crippen LogP contribution in [0.5, 0.6) is 0 Å². The van der Waals surface area contributed by atoms with Gasteiger partial charge in [-0.2, -0.15) is 0 Å². The Morgan fingerprint density at radius 1 is 1.30 bits per heavy atom. The van der Waals surface area contributed by atoms with E-state index in [1.54, 1.807) is 12.4 Å². The van der Waals surface area contributed by atoms with Crippen LogP contribution in [-0.2, 0) is 11.8 Å². The molecular formula is C16H16N4OS2. The number of hydrogen-bond acceptors (Lipinski definition) is 5. The summed E-state index contributed by atoms with van der Waals surface area (Å²) < 4.78 is 1.90.